The van der Waals surface area contributed by atoms with Crippen LogP contribution in [0.1, 0.15) is 67.7 Å². The summed E-state index contributed by atoms with van der Waals surface area (Å²) < 4.78 is 1.83. The van der Waals surface area contributed by atoms with Crippen molar-refractivity contribution in [1.29, 1.82) is 0 Å². The molecular weight excluding hydrogens is 262 g/mol. The van der Waals surface area contributed by atoms with E-state index in [1.165, 1.54) is 12.0 Å². The number of rotatable bonds is 3. The van der Waals surface area contributed by atoms with Crippen molar-refractivity contribution >= 4 is 6.29 Å². The van der Waals surface area contributed by atoms with Gasteiger partial charge < -0.3 is 0 Å². The second-order valence-corrected chi connectivity index (χ2v) is 6.81. The Labute approximate surface area is 125 Å². The zero-order valence-electron chi connectivity index (χ0n) is 12.8. The van der Waals surface area contributed by atoms with Crippen molar-refractivity contribution in [2.45, 2.75) is 51.4 Å². The predicted octanol–water partition coefficient (Wildman–Crippen LogP) is 3.64. The van der Waals surface area contributed by atoms with E-state index in [-0.39, 0.29) is 5.41 Å². The molecular formula is C17H21N3O. The quantitative estimate of drug-likeness (QED) is 0.808. The molecule has 1 fully saturated rings. The van der Waals surface area contributed by atoms with Crippen LogP contribution in [0.2, 0.25) is 0 Å². The molecule has 4 heteroatoms. The van der Waals surface area contributed by atoms with Crippen molar-refractivity contribution in [2.75, 3.05) is 0 Å². The van der Waals surface area contributed by atoms with Crippen molar-refractivity contribution < 1.29 is 4.79 Å². The standard InChI is InChI=1S/C17H21N3O/c1-17(2,3)13-7-9-14(10-8-13)20-16(12-5-4-6-12)15(11-21)18-19-20/h7-12H,4-6H2,1-3H3. The first-order valence-corrected chi connectivity index (χ1v) is 7.52. The first kappa shape index (κ1) is 14.0. The lowest BCUT2D eigenvalue weighted by atomic mass is 9.82. The molecule has 0 unspecified atom stereocenters. The van der Waals surface area contributed by atoms with Crippen LogP contribution in [0, 0.1) is 0 Å². The molecule has 2 aromatic rings. The largest absolute Gasteiger partial charge is 0.296 e. The van der Waals surface area contributed by atoms with Crippen LogP contribution in [-0.2, 0) is 5.41 Å². The molecule has 4 nitrogen and oxygen atoms in total. The molecule has 0 spiro atoms. The summed E-state index contributed by atoms with van der Waals surface area (Å²) in [5, 5.41) is 8.22. The third-order valence-electron chi connectivity index (χ3n) is 4.31. The lowest BCUT2D eigenvalue weighted by Crippen LogP contribution is -2.16. The topological polar surface area (TPSA) is 47.8 Å². The van der Waals surface area contributed by atoms with Gasteiger partial charge in [-0.1, -0.05) is 44.5 Å². The molecule has 0 saturated heterocycles. The Balaban J connectivity index is 2.00. The first-order chi connectivity index (χ1) is 10.0. The Morgan fingerprint density at radius 2 is 1.86 bits per heavy atom. The summed E-state index contributed by atoms with van der Waals surface area (Å²) in [4.78, 5) is 11.2. The van der Waals surface area contributed by atoms with Crippen LogP contribution in [0.25, 0.3) is 5.69 Å². The summed E-state index contributed by atoms with van der Waals surface area (Å²) in [5.41, 5.74) is 3.85. The number of nitrogens with zero attached hydrogens (tertiary/aromatic N) is 3. The number of hydrogen-bond acceptors (Lipinski definition) is 3. The zero-order valence-corrected chi connectivity index (χ0v) is 12.8. The number of benzene rings is 1. The van der Waals surface area contributed by atoms with Crippen molar-refractivity contribution in [2.24, 2.45) is 0 Å². The fourth-order valence-corrected chi connectivity index (χ4v) is 2.74. The Bertz CT molecular complexity index is 646. The number of aromatic nitrogens is 3. The average molecular weight is 283 g/mol. The highest BCUT2D eigenvalue weighted by molar-refractivity contribution is 5.74. The van der Waals surface area contributed by atoms with Gasteiger partial charge in [0.2, 0.25) is 0 Å². The number of carbonyl (C=O) groups is 1. The molecule has 1 aromatic carbocycles. The van der Waals surface area contributed by atoms with E-state index in [0.717, 1.165) is 30.5 Å². The second kappa shape index (κ2) is 5.10. The molecule has 0 radical (unpaired) electrons. The highest BCUT2D eigenvalue weighted by Crippen LogP contribution is 2.38. The minimum Gasteiger partial charge on any atom is -0.296 e. The minimum absolute atomic E-state index is 0.131. The lowest BCUT2D eigenvalue weighted by Gasteiger charge is -2.26. The van der Waals surface area contributed by atoms with Gasteiger partial charge in [0.15, 0.2) is 6.29 Å². The summed E-state index contributed by atoms with van der Waals surface area (Å²) in [6.45, 7) is 6.59. The Morgan fingerprint density at radius 3 is 2.33 bits per heavy atom. The fraction of sp³-hybridized carbons (Fsp3) is 0.471. The zero-order chi connectivity index (χ0) is 15.0. The molecule has 1 aliphatic rings. The fourth-order valence-electron chi connectivity index (χ4n) is 2.74. The predicted molar refractivity (Wildman–Crippen MR) is 82.0 cm³/mol. The van der Waals surface area contributed by atoms with Gasteiger partial charge in [0.05, 0.1) is 11.4 Å². The maximum atomic E-state index is 11.2. The molecule has 1 aliphatic carbocycles. The van der Waals surface area contributed by atoms with E-state index in [9.17, 15) is 4.79 Å². The minimum atomic E-state index is 0.131. The first-order valence-electron chi connectivity index (χ1n) is 7.52. The van der Waals surface area contributed by atoms with E-state index in [1.807, 2.05) is 4.68 Å². The van der Waals surface area contributed by atoms with Gasteiger partial charge in [-0.3, -0.25) is 4.79 Å². The average Bonchev–Trinajstić information content (AvgIpc) is 2.79. The molecule has 1 aromatic heterocycles. The number of hydrogen-bond donors (Lipinski definition) is 0. The van der Waals surface area contributed by atoms with Crippen LogP contribution in [-0.4, -0.2) is 21.3 Å². The normalized spacial score (nSPS) is 15.8. The van der Waals surface area contributed by atoms with Gasteiger partial charge in [-0.15, -0.1) is 5.10 Å². The third-order valence-corrected chi connectivity index (χ3v) is 4.31. The summed E-state index contributed by atoms with van der Waals surface area (Å²) in [6.07, 6.45) is 4.28. The van der Waals surface area contributed by atoms with Gasteiger partial charge in [-0.05, 0) is 36.0 Å². The van der Waals surface area contributed by atoms with Crippen LogP contribution in [0.15, 0.2) is 24.3 Å². The maximum Gasteiger partial charge on any atom is 0.172 e. The van der Waals surface area contributed by atoms with E-state index >= 15 is 0 Å². The molecule has 1 saturated carbocycles. The van der Waals surface area contributed by atoms with Gasteiger partial charge in [0.25, 0.3) is 0 Å². The van der Waals surface area contributed by atoms with Gasteiger partial charge in [-0.25, -0.2) is 4.68 Å². The van der Waals surface area contributed by atoms with E-state index in [2.05, 4.69) is 55.3 Å². The number of aldehydes is 1. The van der Waals surface area contributed by atoms with Gasteiger partial charge in [0.1, 0.15) is 5.69 Å². The smallest absolute Gasteiger partial charge is 0.172 e. The van der Waals surface area contributed by atoms with Gasteiger partial charge >= 0.3 is 0 Å². The lowest BCUT2D eigenvalue weighted by molar-refractivity contribution is 0.111. The van der Waals surface area contributed by atoms with Crippen LogP contribution in [0.4, 0.5) is 0 Å². The van der Waals surface area contributed by atoms with Crippen LogP contribution >= 0.6 is 0 Å². The Kier molecular flexibility index (Phi) is 3.40. The summed E-state index contributed by atoms with van der Waals surface area (Å²) in [7, 11) is 0. The third kappa shape index (κ3) is 2.50. The Morgan fingerprint density at radius 1 is 1.19 bits per heavy atom. The molecule has 0 atom stereocenters. The SMILES string of the molecule is CC(C)(C)c1ccc(-n2nnc(C=O)c2C2CCC2)cc1. The molecule has 1 heterocycles. The molecule has 0 N–H and O–H groups in total. The van der Waals surface area contributed by atoms with Crippen LogP contribution in [0.3, 0.4) is 0 Å². The molecule has 110 valence electrons. The van der Waals surface area contributed by atoms with Crippen LogP contribution in [0.5, 0.6) is 0 Å². The van der Waals surface area contributed by atoms with E-state index in [4.69, 9.17) is 0 Å². The monoisotopic (exact) mass is 283 g/mol. The van der Waals surface area contributed by atoms with E-state index < -0.39 is 0 Å². The highest BCUT2D eigenvalue weighted by atomic mass is 16.1. The molecule has 3 rings (SSSR count). The molecule has 0 amide bonds. The van der Waals surface area contributed by atoms with E-state index in [0.29, 0.717) is 11.6 Å². The van der Waals surface area contributed by atoms with Crippen LogP contribution < -0.4 is 0 Å². The molecule has 0 aliphatic heterocycles. The maximum absolute atomic E-state index is 11.2. The highest BCUT2D eigenvalue weighted by Gasteiger charge is 2.28. The Hall–Kier alpha value is -1.97. The van der Waals surface area contributed by atoms with E-state index in [1.54, 1.807) is 0 Å². The summed E-state index contributed by atoms with van der Waals surface area (Å²) in [5.74, 6) is 0.419. The van der Waals surface area contributed by atoms with Crippen molar-refractivity contribution in [3.63, 3.8) is 0 Å². The second-order valence-electron chi connectivity index (χ2n) is 6.81. The number of carbonyl (C=O) groups excluding carboxylic acids is 1. The van der Waals surface area contributed by atoms with Crippen molar-refractivity contribution in [3.8, 4) is 5.69 Å². The molecule has 0 bridgehead atoms. The summed E-state index contributed by atoms with van der Waals surface area (Å²) >= 11 is 0. The molecule has 21 heavy (non-hydrogen) atoms. The van der Waals surface area contributed by atoms with Gasteiger partial charge in [-0.2, -0.15) is 0 Å². The van der Waals surface area contributed by atoms with Crippen molar-refractivity contribution in [3.05, 3.63) is 41.2 Å². The van der Waals surface area contributed by atoms with Gasteiger partial charge in [0, 0.05) is 5.92 Å². The van der Waals surface area contributed by atoms with Crippen molar-refractivity contribution in [1.82, 2.24) is 15.0 Å². The summed E-state index contributed by atoms with van der Waals surface area (Å²) in [6, 6.07) is 8.38.